The summed E-state index contributed by atoms with van der Waals surface area (Å²) in [5.74, 6) is 0.312. The number of rotatable bonds is 5. The zero-order valence-electron chi connectivity index (χ0n) is 14.0. The molecule has 0 saturated carbocycles. The lowest BCUT2D eigenvalue weighted by atomic mass is 10.0. The van der Waals surface area contributed by atoms with Crippen LogP contribution in [0.15, 0.2) is 12.1 Å². The van der Waals surface area contributed by atoms with Crippen molar-refractivity contribution in [2.75, 3.05) is 13.9 Å². The van der Waals surface area contributed by atoms with Gasteiger partial charge in [-0.3, -0.25) is 0 Å². The third-order valence-electron chi connectivity index (χ3n) is 3.19. The van der Waals surface area contributed by atoms with E-state index in [-0.39, 0.29) is 13.2 Å². The van der Waals surface area contributed by atoms with Gasteiger partial charge in [-0.1, -0.05) is 0 Å². The Morgan fingerprint density at radius 1 is 1.29 bits per heavy atom. The molecule has 1 unspecified atom stereocenters. The van der Waals surface area contributed by atoms with Crippen molar-refractivity contribution in [1.29, 1.82) is 0 Å². The molecule has 1 aromatic rings. The Bertz CT molecular complexity index is 636. The summed E-state index contributed by atoms with van der Waals surface area (Å²) in [5, 5.41) is 11.7. The normalized spacial score (nSPS) is 14.0. The molecule has 0 spiro atoms. The average Bonchev–Trinajstić information content (AvgIpc) is 2.90. The summed E-state index contributed by atoms with van der Waals surface area (Å²) < 4.78 is 20.9. The summed E-state index contributed by atoms with van der Waals surface area (Å²) in [5.41, 5.74) is -0.144. The van der Waals surface area contributed by atoms with Gasteiger partial charge in [0.2, 0.25) is 6.79 Å². The molecule has 0 aromatic heterocycles. The summed E-state index contributed by atoms with van der Waals surface area (Å²) in [6, 6.07) is 2.10. The van der Waals surface area contributed by atoms with E-state index in [1.807, 2.05) is 0 Å². The fourth-order valence-corrected chi connectivity index (χ4v) is 2.18. The first-order valence-electron chi connectivity index (χ1n) is 7.38. The highest BCUT2D eigenvalue weighted by molar-refractivity contribution is 5.80. The van der Waals surface area contributed by atoms with Gasteiger partial charge in [-0.2, -0.15) is 0 Å². The maximum absolute atomic E-state index is 11.8. The van der Waals surface area contributed by atoms with Crippen LogP contribution in [-0.2, 0) is 16.0 Å². The number of methoxy groups -OCH3 is 1. The number of nitrogens with one attached hydrogen (secondary N) is 1. The smallest absolute Gasteiger partial charge is 0.408 e. The van der Waals surface area contributed by atoms with Crippen molar-refractivity contribution in [1.82, 2.24) is 5.32 Å². The van der Waals surface area contributed by atoms with Gasteiger partial charge in [0.15, 0.2) is 11.5 Å². The SMILES string of the molecule is COc1cc2c(cc1CC(NC(=O)OC(C)(C)C)C(=O)O)OCO2. The largest absolute Gasteiger partial charge is 0.496 e. The molecule has 0 radical (unpaired) electrons. The molecule has 1 aliphatic heterocycles. The van der Waals surface area contributed by atoms with E-state index in [1.165, 1.54) is 7.11 Å². The zero-order chi connectivity index (χ0) is 17.9. The monoisotopic (exact) mass is 339 g/mol. The molecule has 0 fully saturated rings. The molecule has 2 N–H and O–H groups in total. The van der Waals surface area contributed by atoms with Crippen LogP contribution in [0.4, 0.5) is 4.79 Å². The average molecular weight is 339 g/mol. The van der Waals surface area contributed by atoms with Gasteiger partial charge in [0.05, 0.1) is 7.11 Å². The minimum absolute atomic E-state index is 0.00832. The molecule has 8 nitrogen and oxygen atoms in total. The number of alkyl carbamates (subject to hydrolysis) is 1. The van der Waals surface area contributed by atoms with Crippen LogP contribution in [0.3, 0.4) is 0 Å². The van der Waals surface area contributed by atoms with Crippen LogP contribution in [0.5, 0.6) is 17.2 Å². The number of hydrogen-bond acceptors (Lipinski definition) is 6. The van der Waals surface area contributed by atoms with Crippen molar-refractivity contribution < 1.29 is 33.6 Å². The van der Waals surface area contributed by atoms with Crippen LogP contribution in [0.1, 0.15) is 26.3 Å². The van der Waals surface area contributed by atoms with E-state index in [9.17, 15) is 14.7 Å². The number of carbonyl (C=O) groups excluding carboxylic acids is 1. The number of carboxylic acid groups (broad SMARTS) is 1. The number of carboxylic acids is 1. The predicted octanol–water partition coefficient (Wildman–Crippen LogP) is 1.94. The molecule has 0 saturated heterocycles. The number of carbonyl (C=O) groups is 2. The van der Waals surface area contributed by atoms with E-state index >= 15 is 0 Å². The molecule has 1 aliphatic rings. The van der Waals surface area contributed by atoms with Gasteiger partial charge in [-0.15, -0.1) is 0 Å². The summed E-state index contributed by atoms with van der Waals surface area (Å²) in [7, 11) is 1.47. The fraction of sp³-hybridized carbons (Fsp3) is 0.500. The quantitative estimate of drug-likeness (QED) is 0.845. The zero-order valence-corrected chi connectivity index (χ0v) is 14.0. The molecule has 0 bridgehead atoms. The highest BCUT2D eigenvalue weighted by Crippen LogP contribution is 2.38. The Morgan fingerprint density at radius 3 is 2.46 bits per heavy atom. The van der Waals surface area contributed by atoms with E-state index in [0.717, 1.165) is 0 Å². The highest BCUT2D eigenvalue weighted by Gasteiger charge is 2.27. The van der Waals surface area contributed by atoms with Gasteiger partial charge in [-0.25, -0.2) is 9.59 Å². The number of hydrogen-bond donors (Lipinski definition) is 2. The molecule has 1 aromatic carbocycles. The Balaban J connectivity index is 2.16. The summed E-state index contributed by atoms with van der Waals surface area (Å²) >= 11 is 0. The summed E-state index contributed by atoms with van der Waals surface area (Å²) in [6.45, 7) is 5.19. The summed E-state index contributed by atoms with van der Waals surface area (Å²) in [6.07, 6.45) is -0.788. The Morgan fingerprint density at radius 2 is 1.92 bits per heavy atom. The van der Waals surface area contributed by atoms with Crippen molar-refractivity contribution in [3.05, 3.63) is 17.7 Å². The minimum Gasteiger partial charge on any atom is -0.496 e. The van der Waals surface area contributed by atoms with Gasteiger partial charge < -0.3 is 29.4 Å². The first-order valence-corrected chi connectivity index (χ1v) is 7.38. The van der Waals surface area contributed by atoms with E-state index in [1.54, 1.807) is 32.9 Å². The van der Waals surface area contributed by atoms with Crippen molar-refractivity contribution in [3.8, 4) is 17.2 Å². The van der Waals surface area contributed by atoms with Crippen LogP contribution in [0.2, 0.25) is 0 Å². The summed E-state index contributed by atoms with van der Waals surface area (Å²) in [4.78, 5) is 23.3. The minimum atomic E-state index is -1.18. The number of ether oxygens (including phenoxy) is 4. The topological polar surface area (TPSA) is 103 Å². The third kappa shape index (κ3) is 4.43. The fourth-order valence-electron chi connectivity index (χ4n) is 2.18. The lowest BCUT2D eigenvalue weighted by Gasteiger charge is -2.22. The molecule has 1 atom stereocenters. The Hall–Kier alpha value is -2.64. The van der Waals surface area contributed by atoms with Crippen LogP contribution >= 0.6 is 0 Å². The first-order chi connectivity index (χ1) is 11.2. The number of amides is 1. The Labute approximate surface area is 139 Å². The van der Waals surface area contributed by atoms with Gasteiger partial charge in [0, 0.05) is 18.1 Å². The number of aliphatic carboxylic acids is 1. The highest BCUT2D eigenvalue weighted by atomic mass is 16.7. The molecular weight excluding hydrogens is 318 g/mol. The second kappa shape index (κ2) is 6.86. The number of benzene rings is 1. The van der Waals surface area contributed by atoms with Crippen molar-refractivity contribution in [2.24, 2.45) is 0 Å². The molecular formula is C16H21NO7. The molecule has 0 aliphatic carbocycles. The van der Waals surface area contributed by atoms with Gasteiger partial charge in [0.1, 0.15) is 17.4 Å². The molecule has 132 valence electrons. The van der Waals surface area contributed by atoms with Crippen LogP contribution < -0.4 is 19.5 Å². The molecule has 1 heterocycles. The van der Waals surface area contributed by atoms with Crippen molar-refractivity contribution in [3.63, 3.8) is 0 Å². The molecule has 8 heteroatoms. The van der Waals surface area contributed by atoms with Gasteiger partial charge in [-0.05, 0) is 26.8 Å². The van der Waals surface area contributed by atoms with Crippen molar-refractivity contribution >= 4 is 12.1 Å². The maximum Gasteiger partial charge on any atom is 0.408 e. The number of fused-ring (bicyclic) bond motifs is 1. The lowest BCUT2D eigenvalue weighted by molar-refractivity contribution is -0.139. The maximum atomic E-state index is 11.8. The van der Waals surface area contributed by atoms with E-state index in [2.05, 4.69) is 5.32 Å². The van der Waals surface area contributed by atoms with Crippen molar-refractivity contribution in [2.45, 2.75) is 38.8 Å². The molecule has 1 amide bonds. The predicted molar refractivity (Wildman–Crippen MR) is 83.6 cm³/mol. The molecule has 24 heavy (non-hydrogen) atoms. The van der Waals surface area contributed by atoms with E-state index in [0.29, 0.717) is 22.8 Å². The second-order valence-electron chi connectivity index (χ2n) is 6.26. The van der Waals surface area contributed by atoms with Crippen LogP contribution in [-0.4, -0.2) is 42.7 Å². The molecule has 2 rings (SSSR count). The van der Waals surface area contributed by atoms with Gasteiger partial charge in [0.25, 0.3) is 0 Å². The first kappa shape index (κ1) is 17.7. The standard InChI is InChI=1S/C16H21NO7/c1-16(2,3)24-15(20)17-10(14(18)19)5-9-6-12-13(23-8-22-12)7-11(9)21-4/h6-7,10H,5,8H2,1-4H3,(H,17,20)(H,18,19). The van der Waals surface area contributed by atoms with E-state index in [4.69, 9.17) is 18.9 Å². The second-order valence-corrected chi connectivity index (χ2v) is 6.26. The van der Waals surface area contributed by atoms with Crippen LogP contribution in [0, 0.1) is 0 Å². The van der Waals surface area contributed by atoms with E-state index < -0.39 is 23.7 Å². The Kier molecular flexibility index (Phi) is 5.06. The van der Waals surface area contributed by atoms with Gasteiger partial charge >= 0.3 is 12.1 Å². The third-order valence-corrected chi connectivity index (χ3v) is 3.19. The van der Waals surface area contributed by atoms with Crippen LogP contribution in [0.25, 0.3) is 0 Å². The lowest BCUT2D eigenvalue weighted by Crippen LogP contribution is -2.44.